The third kappa shape index (κ3) is 2.74. The van der Waals surface area contributed by atoms with E-state index in [-0.39, 0.29) is 10.8 Å². The van der Waals surface area contributed by atoms with Crippen LogP contribution in [0, 0.1) is 0 Å². The number of tetrazole rings is 1. The molecular weight excluding hydrogens is 317 g/mol. The largest absolute Gasteiger partial charge is 0.452 e. The fourth-order valence-corrected chi connectivity index (χ4v) is 2.04. The molecule has 3 rings (SSSR count). The van der Waals surface area contributed by atoms with Crippen molar-refractivity contribution in [1.29, 1.82) is 0 Å². The first-order valence-corrected chi connectivity index (χ1v) is 6.48. The number of nitrogens with one attached hydrogen (secondary N) is 1. The Morgan fingerprint density at radius 3 is 2.81 bits per heavy atom. The highest BCUT2D eigenvalue weighted by Gasteiger charge is 2.15. The maximum atomic E-state index is 12.1. The molecule has 0 saturated heterocycles. The summed E-state index contributed by atoms with van der Waals surface area (Å²) in [4.78, 5) is 12.1. The molecule has 0 radical (unpaired) electrons. The number of aromatic nitrogens is 4. The molecule has 1 N–H and O–H groups in total. The zero-order valence-corrected chi connectivity index (χ0v) is 11.8. The number of halogens is 2. The van der Waals surface area contributed by atoms with Crippen molar-refractivity contribution in [3.63, 3.8) is 0 Å². The molecule has 0 atom stereocenters. The lowest BCUT2D eigenvalue weighted by molar-refractivity contribution is 0.102. The Kier molecular flexibility index (Phi) is 3.59. The summed E-state index contributed by atoms with van der Waals surface area (Å²) < 4.78 is 6.32. The molecule has 21 heavy (non-hydrogen) atoms. The molecule has 1 aromatic carbocycles. The SMILES string of the molecule is O=C(Nc1cc(-n2cnnn2)ccc1Cl)c1ccoc1Cl. The van der Waals surface area contributed by atoms with Crippen LogP contribution in [0.4, 0.5) is 5.69 Å². The predicted octanol–water partition coefficient (Wildman–Crippen LogP) is 2.81. The lowest BCUT2D eigenvalue weighted by Crippen LogP contribution is -2.12. The Balaban J connectivity index is 1.90. The third-order valence-electron chi connectivity index (χ3n) is 2.67. The van der Waals surface area contributed by atoms with Crippen LogP contribution in [0.15, 0.2) is 41.3 Å². The van der Waals surface area contributed by atoms with Crippen molar-refractivity contribution in [1.82, 2.24) is 20.2 Å². The summed E-state index contributed by atoms with van der Waals surface area (Å²) in [5, 5.41) is 13.9. The van der Waals surface area contributed by atoms with Crippen molar-refractivity contribution in [2.45, 2.75) is 0 Å². The number of nitrogens with zero attached hydrogens (tertiary/aromatic N) is 4. The van der Waals surface area contributed by atoms with Crippen LogP contribution in [-0.2, 0) is 0 Å². The number of hydrogen-bond donors (Lipinski definition) is 1. The van der Waals surface area contributed by atoms with Gasteiger partial charge in [-0.2, -0.15) is 0 Å². The van der Waals surface area contributed by atoms with E-state index < -0.39 is 5.91 Å². The lowest BCUT2D eigenvalue weighted by atomic mass is 10.2. The Labute approximate surface area is 128 Å². The monoisotopic (exact) mass is 323 g/mol. The molecule has 0 bridgehead atoms. The number of furan rings is 1. The minimum atomic E-state index is -0.426. The van der Waals surface area contributed by atoms with Crippen molar-refractivity contribution in [2.75, 3.05) is 5.32 Å². The number of hydrogen-bond acceptors (Lipinski definition) is 5. The summed E-state index contributed by atoms with van der Waals surface area (Å²) in [7, 11) is 0. The summed E-state index contributed by atoms with van der Waals surface area (Å²) in [6.45, 7) is 0. The molecular formula is C12H7Cl2N5O2. The van der Waals surface area contributed by atoms with Crippen LogP contribution in [0.3, 0.4) is 0 Å². The fourth-order valence-electron chi connectivity index (χ4n) is 1.68. The summed E-state index contributed by atoms with van der Waals surface area (Å²) in [6.07, 6.45) is 2.76. The molecule has 0 aliphatic heterocycles. The second-order valence-electron chi connectivity index (χ2n) is 3.98. The summed E-state index contributed by atoms with van der Waals surface area (Å²) >= 11 is 11.8. The van der Waals surface area contributed by atoms with E-state index in [0.29, 0.717) is 16.4 Å². The zero-order valence-electron chi connectivity index (χ0n) is 10.3. The second kappa shape index (κ2) is 5.55. The lowest BCUT2D eigenvalue weighted by Gasteiger charge is -2.08. The molecule has 2 heterocycles. The smallest absolute Gasteiger partial charge is 0.260 e. The van der Waals surface area contributed by atoms with Gasteiger partial charge in [0, 0.05) is 0 Å². The van der Waals surface area contributed by atoms with Crippen LogP contribution in [0.1, 0.15) is 10.4 Å². The van der Waals surface area contributed by atoms with Gasteiger partial charge in [0.1, 0.15) is 6.33 Å². The van der Waals surface area contributed by atoms with Crippen LogP contribution in [0.25, 0.3) is 5.69 Å². The van der Waals surface area contributed by atoms with Crippen LogP contribution in [-0.4, -0.2) is 26.1 Å². The molecule has 2 aromatic heterocycles. The average Bonchev–Trinajstić information content (AvgIpc) is 3.12. The Hall–Kier alpha value is -2.38. The number of rotatable bonds is 3. The van der Waals surface area contributed by atoms with Gasteiger partial charge in [-0.1, -0.05) is 11.6 Å². The molecule has 3 aromatic rings. The molecule has 0 unspecified atom stereocenters. The molecule has 0 spiro atoms. The van der Waals surface area contributed by atoms with E-state index in [4.69, 9.17) is 27.6 Å². The first-order chi connectivity index (χ1) is 10.1. The van der Waals surface area contributed by atoms with Gasteiger partial charge in [-0.25, -0.2) is 4.68 Å². The Morgan fingerprint density at radius 2 is 2.14 bits per heavy atom. The van der Waals surface area contributed by atoms with Crippen molar-refractivity contribution >= 4 is 34.8 Å². The normalized spacial score (nSPS) is 10.6. The van der Waals surface area contributed by atoms with Crippen molar-refractivity contribution in [2.24, 2.45) is 0 Å². The molecule has 0 fully saturated rings. The minimum Gasteiger partial charge on any atom is -0.452 e. The van der Waals surface area contributed by atoms with E-state index in [1.165, 1.54) is 23.3 Å². The van der Waals surface area contributed by atoms with Gasteiger partial charge in [0.15, 0.2) is 0 Å². The first-order valence-electron chi connectivity index (χ1n) is 5.72. The van der Waals surface area contributed by atoms with Gasteiger partial charge >= 0.3 is 0 Å². The minimum absolute atomic E-state index is 0.0141. The van der Waals surface area contributed by atoms with Gasteiger partial charge in [-0.3, -0.25) is 4.79 Å². The maximum Gasteiger partial charge on any atom is 0.260 e. The first kappa shape index (κ1) is 13.6. The van der Waals surface area contributed by atoms with Gasteiger partial charge in [0.05, 0.1) is 28.2 Å². The summed E-state index contributed by atoms with van der Waals surface area (Å²) in [6, 6.07) is 6.46. The molecule has 7 nitrogen and oxygen atoms in total. The molecule has 0 aliphatic rings. The van der Waals surface area contributed by atoms with Crippen molar-refractivity contribution in [3.8, 4) is 5.69 Å². The third-order valence-corrected chi connectivity index (χ3v) is 3.30. The van der Waals surface area contributed by atoms with Crippen LogP contribution in [0.5, 0.6) is 0 Å². The number of carbonyl (C=O) groups is 1. The van der Waals surface area contributed by atoms with E-state index in [1.54, 1.807) is 18.2 Å². The predicted molar refractivity (Wildman–Crippen MR) is 75.8 cm³/mol. The van der Waals surface area contributed by atoms with E-state index in [9.17, 15) is 4.79 Å². The molecule has 106 valence electrons. The van der Waals surface area contributed by atoms with Crippen LogP contribution in [0.2, 0.25) is 10.2 Å². The van der Waals surface area contributed by atoms with Crippen LogP contribution >= 0.6 is 23.2 Å². The second-order valence-corrected chi connectivity index (χ2v) is 4.73. The summed E-state index contributed by atoms with van der Waals surface area (Å²) in [5.74, 6) is -0.426. The number of amides is 1. The van der Waals surface area contributed by atoms with Crippen LogP contribution < -0.4 is 5.32 Å². The van der Waals surface area contributed by atoms with E-state index >= 15 is 0 Å². The van der Waals surface area contributed by atoms with Gasteiger partial charge in [-0.15, -0.1) is 5.10 Å². The van der Waals surface area contributed by atoms with Crippen molar-refractivity contribution in [3.05, 3.63) is 52.7 Å². The highest BCUT2D eigenvalue weighted by molar-refractivity contribution is 6.35. The van der Waals surface area contributed by atoms with Gasteiger partial charge in [0.25, 0.3) is 5.91 Å². The van der Waals surface area contributed by atoms with Gasteiger partial charge < -0.3 is 9.73 Å². The van der Waals surface area contributed by atoms with Crippen molar-refractivity contribution < 1.29 is 9.21 Å². The standard InChI is InChI=1S/C12H7Cl2N5O2/c13-9-2-1-7(19-6-15-17-18-19)5-10(9)16-12(20)8-3-4-21-11(8)14/h1-6H,(H,16,20). The fraction of sp³-hybridized carbons (Fsp3) is 0. The molecule has 9 heteroatoms. The summed E-state index contributed by atoms with van der Waals surface area (Å²) in [5.41, 5.74) is 1.28. The van der Waals surface area contributed by atoms with E-state index in [0.717, 1.165) is 0 Å². The number of anilines is 1. The Bertz CT molecular complexity index is 785. The quantitative estimate of drug-likeness (QED) is 0.800. The zero-order chi connectivity index (χ0) is 14.8. The Morgan fingerprint density at radius 1 is 1.29 bits per heavy atom. The average molecular weight is 324 g/mol. The van der Waals surface area contributed by atoms with Gasteiger partial charge in [0.2, 0.25) is 5.22 Å². The maximum absolute atomic E-state index is 12.1. The molecule has 0 aliphatic carbocycles. The highest BCUT2D eigenvalue weighted by atomic mass is 35.5. The number of benzene rings is 1. The van der Waals surface area contributed by atoms with E-state index in [1.807, 2.05) is 0 Å². The molecule has 1 amide bonds. The number of carbonyl (C=O) groups excluding carboxylic acids is 1. The topological polar surface area (TPSA) is 85.8 Å². The van der Waals surface area contributed by atoms with E-state index in [2.05, 4.69) is 20.8 Å². The van der Waals surface area contributed by atoms with Gasteiger partial charge in [-0.05, 0) is 46.3 Å². The highest BCUT2D eigenvalue weighted by Crippen LogP contribution is 2.26. The molecule has 0 saturated carbocycles.